The second kappa shape index (κ2) is 5.62. The molecule has 0 radical (unpaired) electrons. The standard InChI is InChI=1S/C18H23N3O2S/c1-13-11-15-7-3-6-10-17(15)21(13)24(22,23)18-12-20(19-14(18)2)16-8-4-5-9-16/h3,6-7,10,12-13,16H,4-5,8-9,11H2,1-2H3. The zero-order valence-corrected chi connectivity index (χ0v) is 15.0. The highest BCUT2D eigenvalue weighted by atomic mass is 32.2. The van der Waals surface area contributed by atoms with Crippen molar-refractivity contribution >= 4 is 15.7 Å². The molecule has 1 aliphatic carbocycles. The molecule has 0 bridgehead atoms. The van der Waals surface area contributed by atoms with Gasteiger partial charge in [0.05, 0.1) is 17.4 Å². The summed E-state index contributed by atoms with van der Waals surface area (Å²) in [5.74, 6) is 0. The summed E-state index contributed by atoms with van der Waals surface area (Å²) in [5.41, 5.74) is 2.49. The molecular weight excluding hydrogens is 322 g/mol. The molecule has 0 N–H and O–H groups in total. The monoisotopic (exact) mass is 345 g/mol. The molecule has 1 aromatic heterocycles. The highest BCUT2D eigenvalue weighted by Crippen LogP contribution is 2.38. The maximum absolute atomic E-state index is 13.3. The van der Waals surface area contributed by atoms with E-state index in [9.17, 15) is 8.42 Å². The Labute approximate surface area is 143 Å². The molecule has 0 saturated heterocycles. The first-order chi connectivity index (χ1) is 11.5. The number of fused-ring (bicyclic) bond motifs is 1. The van der Waals surface area contributed by atoms with E-state index in [0.29, 0.717) is 16.6 Å². The Kier molecular flexibility index (Phi) is 3.67. The molecule has 6 heteroatoms. The van der Waals surface area contributed by atoms with Crippen LogP contribution in [0.2, 0.25) is 0 Å². The third-order valence-electron chi connectivity index (χ3n) is 5.25. The van der Waals surface area contributed by atoms with E-state index < -0.39 is 10.0 Å². The molecule has 4 rings (SSSR count). The lowest BCUT2D eigenvalue weighted by Gasteiger charge is -2.24. The van der Waals surface area contributed by atoms with Crippen LogP contribution in [0.4, 0.5) is 5.69 Å². The summed E-state index contributed by atoms with van der Waals surface area (Å²) in [6.07, 6.45) is 7.07. The Morgan fingerprint density at radius 3 is 2.62 bits per heavy atom. The molecule has 24 heavy (non-hydrogen) atoms. The van der Waals surface area contributed by atoms with Crippen LogP contribution >= 0.6 is 0 Å². The van der Waals surface area contributed by atoms with Gasteiger partial charge in [0.1, 0.15) is 4.90 Å². The van der Waals surface area contributed by atoms with Crippen molar-refractivity contribution in [3.8, 4) is 0 Å². The van der Waals surface area contributed by atoms with Crippen LogP contribution in [0.25, 0.3) is 0 Å². The maximum atomic E-state index is 13.3. The third kappa shape index (κ3) is 2.35. The van der Waals surface area contributed by atoms with Gasteiger partial charge < -0.3 is 0 Å². The predicted molar refractivity (Wildman–Crippen MR) is 93.7 cm³/mol. The van der Waals surface area contributed by atoms with Crippen molar-refractivity contribution in [1.82, 2.24) is 9.78 Å². The number of para-hydroxylation sites is 1. The average molecular weight is 345 g/mol. The van der Waals surface area contributed by atoms with E-state index in [2.05, 4.69) is 5.10 Å². The van der Waals surface area contributed by atoms with Crippen LogP contribution in [0, 0.1) is 6.92 Å². The molecule has 2 heterocycles. The summed E-state index contributed by atoms with van der Waals surface area (Å²) in [5, 5.41) is 4.52. The lowest BCUT2D eigenvalue weighted by Crippen LogP contribution is -2.35. The zero-order chi connectivity index (χ0) is 16.9. The molecule has 5 nitrogen and oxygen atoms in total. The summed E-state index contributed by atoms with van der Waals surface area (Å²) >= 11 is 0. The summed E-state index contributed by atoms with van der Waals surface area (Å²) in [7, 11) is -3.59. The maximum Gasteiger partial charge on any atom is 0.267 e. The number of hydrogen-bond donors (Lipinski definition) is 0. The molecular formula is C18H23N3O2S. The first-order valence-corrected chi connectivity index (χ1v) is 10.1. The van der Waals surface area contributed by atoms with E-state index >= 15 is 0 Å². The fourth-order valence-corrected chi connectivity index (χ4v) is 5.94. The molecule has 1 aliphatic heterocycles. The van der Waals surface area contributed by atoms with Gasteiger partial charge in [0.15, 0.2) is 0 Å². The van der Waals surface area contributed by atoms with Gasteiger partial charge in [-0.15, -0.1) is 0 Å². The van der Waals surface area contributed by atoms with Crippen LogP contribution in [0.15, 0.2) is 35.4 Å². The first-order valence-electron chi connectivity index (χ1n) is 8.66. The van der Waals surface area contributed by atoms with Crippen molar-refractivity contribution < 1.29 is 8.42 Å². The Bertz CT molecular complexity index is 866. The van der Waals surface area contributed by atoms with Crippen LogP contribution in [-0.2, 0) is 16.4 Å². The summed E-state index contributed by atoms with van der Waals surface area (Å²) in [6.45, 7) is 3.76. The third-order valence-corrected chi connectivity index (χ3v) is 7.28. The highest BCUT2D eigenvalue weighted by Gasteiger charge is 2.38. The Hall–Kier alpha value is -1.82. The van der Waals surface area contributed by atoms with Crippen molar-refractivity contribution in [3.63, 3.8) is 0 Å². The van der Waals surface area contributed by atoms with Gasteiger partial charge in [-0.3, -0.25) is 8.99 Å². The van der Waals surface area contributed by atoms with Gasteiger partial charge in [0.2, 0.25) is 0 Å². The summed E-state index contributed by atoms with van der Waals surface area (Å²) < 4.78 is 30.1. The minimum Gasteiger partial charge on any atom is -0.268 e. The largest absolute Gasteiger partial charge is 0.268 e. The predicted octanol–water partition coefficient (Wildman–Crippen LogP) is 3.45. The molecule has 1 unspecified atom stereocenters. The van der Waals surface area contributed by atoms with Gasteiger partial charge >= 0.3 is 0 Å². The van der Waals surface area contributed by atoms with Crippen LogP contribution in [-0.4, -0.2) is 24.2 Å². The number of hydrogen-bond acceptors (Lipinski definition) is 3. The van der Waals surface area contributed by atoms with Crippen molar-refractivity contribution in [2.45, 2.75) is 62.9 Å². The summed E-state index contributed by atoms with van der Waals surface area (Å²) in [6, 6.07) is 8.04. The number of benzene rings is 1. The van der Waals surface area contributed by atoms with E-state index in [1.807, 2.05) is 35.9 Å². The van der Waals surface area contributed by atoms with E-state index in [4.69, 9.17) is 0 Å². The fraction of sp³-hybridized carbons (Fsp3) is 0.500. The van der Waals surface area contributed by atoms with E-state index in [-0.39, 0.29) is 6.04 Å². The van der Waals surface area contributed by atoms with Crippen LogP contribution in [0.3, 0.4) is 0 Å². The molecule has 128 valence electrons. The minimum atomic E-state index is -3.59. The van der Waals surface area contributed by atoms with Crippen molar-refractivity contribution in [2.24, 2.45) is 0 Å². The smallest absolute Gasteiger partial charge is 0.267 e. The number of aryl methyl sites for hydroxylation is 1. The average Bonchev–Trinajstić information content (AvgIpc) is 3.23. The second-order valence-electron chi connectivity index (χ2n) is 6.98. The molecule has 1 aromatic carbocycles. The number of aromatic nitrogens is 2. The Morgan fingerprint density at radius 1 is 1.17 bits per heavy atom. The van der Waals surface area contributed by atoms with Gasteiger partial charge in [0.25, 0.3) is 10.0 Å². The zero-order valence-electron chi connectivity index (χ0n) is 14.1. The Morgan fingerprint density at radius 2 is 1.88 bits per heavy atom. The normalized spacial score (nSPS) is 21.4. The van der Waals surface area contributed by atoms with Crippen molar-refractivity contribution in [2.75, 3.05) is 4.31 Å². The van der Waals surface area contributed by atoms with Gasteiger partial charge in [-0.1, -0.05) is 31.0 Å². The van der Waals surface area contributed by atoms with Crippen LogP contribution in [0.1, 0.15) is 49.9 Å². The molecule has 1 atom stereocenters. The topological polar surface area (TPSA) is 55.2 Å². The van der Waals surface area contributed by atoms with Crippen molar-refractivity contribution in [1.29, 1.82) is 0 Å². The van der Waals surface area contributed by atoms with E-state index in [1.165, 1.54) is 12.8 Å². The fourth-order valence-electron chi connectivity index (χ4n) is 4.08. The van der Waals surface area contributed by atoms with Crippen LogP contribution < -0.4 is 4.31 Å². The lowest BCUT2D eigenvalue weighted by atomic mass is 10.1. The number of rotatable bonds is 3. The molecule has 0 spiro atoms. The first kappa shape index (κ1) is 15.7. The molecule has 0 amide bonds. The minimum absolute atomic E-state index is 0.0679. The number of sulfonamides is 1. The van der Waals surface area contributed by atoms with Gasteiger partial charge in [-0.2, -0.15) is 5.10 Å². The molecule has 2 aromatic rings. The summed E-state index contributed by atoms with van der Waals surface area (Å²) in [4.78, 5) is 0.345. The van der Waals surface area contributed by atoms with E-state index in [0.717, 1.165) is 30.5 Å². The number of anilines is 1. The quantitative estimate of drug-likeness (QED) is 0.856. The molecule has 2 aliphatic rings. The molecule has 1 saturated carbocycles. The molecule has 1 fully saturated rings. The number of nitrogens with zero attached hydrogens (tertiary/aromatic N) is 3. The van der Waals surface area contributed by atoms with Gasteiger partial charge in [0, 0.05) is 12.2 Å². The van der Waals surface area contributed by atoms with Crippen molar-refractivity contribution in [3.05, 3.63) is 41.7 Å². The van der Waals surface area contributed by atoms with Crippen LogP contribution in [0.5, 0.6) is 0 Å². The van der Waals surface area contributed by atoms with E-state index in [1.54, 1.807) is 17.4 Å². The highest BCUT2D eigenvalue weighted by molar-refractivity contribution is 7.93. The SMILES string of the molecule is Cc1nn(C2CCCC2)cc1S(=O)(=O)N1c2ccccc2CC1C. The second-order valence-corrected chi connectivity index (χ2v) is 8.76. The Balaban J connectivity index is 1.76. The lowest BCUT2D eigenvalue weighted by molar-refractivity contribution is 0.464. The van der Waals surface area contributed by atoms with Gasteiger partial charge in [-0.05, 0) is 44.7 Å². The van der Waals surface area contributed by atoms with Gasteiger partial charge in [-0.25, -0.2) is 8.42 Å².